The number of ether oxygens (including phenoxy) is 1. The van der Waals surface area contributed by atoms with Crippen LogP contribution in [-0.4, -0.2) is 50.1 Å². The molecule has 0 unspecified atom stereocenters. The Hall–Kier alpha value is -1.79. The van der Waals surface area contributed by atoms with E-state index < -0.39 is 0 Å². The van der Waals surface area contributed by atoms with Crippen LogP contribution >= 0.6 is 24.0 Å². The molecule has 0 atom stereocenters. The molecule has 2 N–H and O–H groups in total. The third kappa shape index (κ3) is 6.18. The maximum absolute atomic E-state index is 12.2. The van der Waals surface area contributed by atoms with Crippen molar-refractivity contribution >= 4 is 29.9 Å². The SMILES string of the molecule is Cl.O=C(NCCN1CCNCC1)c1ccc(Oc2cccc(Cl)c2)cc1. The summed E-state index contributed by atoms with van der Waals surface area (Å²) in [6.45, 7) is 5.63. The topological polar surface area (TPSA) is 53.6 Å². The minimum atomic E-state index is -0.0653. The Bertz CT molecular complexity index is 704. The average Bonchev–Trinajstić information content (AvgIpc) is 2.63. The van der Waals surface area contributed by atoms with Gasteiger partial charge in [-0.05, 0) is 42.5 Å². The van der Waals surface area contributed by atoms with Crippen molar-refractivity contribution in [1.29, 1.82) is 0 Å². The van der Waals surface area contributed by atoms with Gasteiger partial charge in [0.25, 0.3) is 5.91 Å². The molecule has 26 heavy (non-hydrogen) atoms. The van der Waals surface area contributed by atoms with E-state index in [0.29, 0.717) is 28.6 Å². The molecular formula is C19H23Cl2N3O2. The predicted octanol–water partition coefficient (Wildman–Crippen LogP) is 3.19. The van der Waals surface area contributed by atoms with Crippen LogP contribution in [0.1, 0.15) is 10.4 Å². The van der Waals surface area contributed by atoms with E-state index in [1.54, 1.807) is 36.4 Å². The van der Waals surface area contributed by atoms with Gasteiger partial charge in [-0.2, -0.15) is 0 Å². The third-order valence-electron chi connectivity index (χ3n) is 4.07. The van der Waals surface area contributed by atoms with Crippen molar-refractivity contribution in [3.63, 3.8) is 0 Å². The van der Waals surface area contributed by atoms with Crippen LogP contribution in [0.5, 0.6) is 11.5 Å². The van der Waals surface area contributed by atoms with Crippen molar-refractivity contribution < 1.29 is 9.53 Å². The normalized spacial score (nSPS) is 14.3. The summed E-state index contributed by atoms with van der Waals surface area (Å²) in [5.74, 6) is 1.27. The summed E-state index contributed by atoms with van der Waals surface area (Å²) >= 11 is 5.94. The zero-order chi connectivity index (χ0) is 17.5. The maximum atomic E-state index is 12.2. The second-order valence-electron chi connectivity index (χ2n) is 5.93. The highest BCUT2D eigenvalue weighted by Gasteiger charge is 2.10. The van der Waals surface area contributed by atoms with E-state index in [2.05, 4.69) is 15.5 Å². The Kier molecular flexibility index (Phi) is 8.19. The number of nitrogens with zero attached hydrogens (tertiary/aromatic N) is 1. The molecule has 0 radical (unpaired) electrons. The molecule has 1 heterocycles. The van der Waals surface area contributed by atoms with Gasteiger partial charge in [0.15, 0.2) is 0 Å². The van der Waals surface area contributed by atoms with Crippen molar-refractivity contribution in [2.75, 3.05) is 39.3 Å². The fraction of sp³-hybridized carbons (Fsp3) is 0.316. The number of amides is 1. The third-order valence-corrected chi connectivity index (χ3v) is 4.31. The number of hydrogen-bond acceptors (Lipinski definition) is 4. The van der Waals surface area contributed by atoms with E-state index in [1.165, 1.54) is 0 Å². The maximum Gasteiger partial charge on any atom is 0.251 e. The van der Waals surface area contributed by atoms with Gasteiger partial charge in [0.05, 0.1) is 0 Å². The van der Waals surface area contributed by atoms with Crippen molar-refractivity contribution in [2.45, 2.75) is 0 Å². The molecule has 0 aromatic heterocycles. The summed E-state index contributed by atoms with van der Waals surface area (Å²) in [5, 5.41) is 6.90. The molecule has 0 aliphatic carbocycles. The minimum Gasteiger partial charge on any atom is -0.457 e. The first-order valence-corrected chi connectivity index (χ1v) is 8.83. The summed E-state index contributed by atoms with van der Waals surface area (Å²) in [6, 6.07) is 14.3. The molecule has 0 bridgehead atoms. The lowest BCUT2D eigenvalue weighted by atomic mass is 10.2. The number of piperazine rings is 1. The predicted molar refractivity (Wildman–Crippen MR) is 107 cm³/mol. The van der Waals surface area contributed by atoms with Gasteiger partial charge in [0.1, 0.15) is 11.5 Å². The molecule has 3 rings (SSSR count). The van der Waals surface area contributed by atoms with Gasteiger partial charge < -0.3 is 15.4 Å². The Morgan fingerprint density at radius 2 is 1.85 bits per heavy atom. The van der Waals surface area contributed by atoms with E-state index in [-0.39, 0.29) is 18.3 Å². The molecule has 1 fully saturated rings. The van der Waals surface area contributed by atoms with Gasteiger partial charge in [-0.1, -0.05) is 17.7 Å². The summed E-state index contributed by atoms with van der Waals surface area (Å²) in [7, 11) is 0. The second kappa shape index (κ2) is 10.4. The number of carbonyl (C=O) groups is 1. The van der Waals surface area contributed by atoms with Gasteiger partial charge in [0, 0.05) is 49.9 Å². The van der Waals surface area contributed by atoms with Gasteiger partial charge in [-0.25, -0.2) is 0 Å². The highest BCUT2D eigenvalue weighted by Crippen LogP contribution is 2.24. The first-order chi connectivity index (χ1) is 12.2. The van der Waals surface area contributed by atoms with Crippen LogP contribution in [0.2, 0.25) is 5.02 Å². The van der Waals surface area contributed by atoms with E-state index in [1.807, 2.05) is 12.1 Å². The Labute approximate surface area is 165 Å². The number of nitrogens with one attached hydrogen (secondary N) is 2. The lowest BCUT2D eigenvalue weighted by Gasteiger charge is -2.27. The number of benzene rings is 2. The number of halogens is 2. The van der Waals surface area contributed by atoms with Crippen LogP contribution in [0.15, 0.2) is 48.5 Å². The minimum absolute atomic E-state index is 0. The molecule has 2 aromatic rings. The van der Waals surface area contributed by atoms with Gasteiger partial charge in [-0.3, -0.25) is 9.69 Å². The zero-order valence-electron chi connectivity index (χ0n) is 14.4. The summed E-state index contributed by atoms with van der Waals surface area (Å²) in [4.78, 5) is 14.5. The second-order valence-corrected chi connectivity index (χ2v) is 6.37. The molecule has 1 saturated heterocycles. The van der Waals surface area contributed by atoms with Crippen molar-refractivity contribution in [2.24, 2.45) is 0 Å². The molecule has 0 saturated carbocycles. The average molecular weight is 396 g/mol. The van der Waals surface area contributed by atoms with E-state index in [9.17, 15) is 4.79 Å². The fourth-order valence-corrected chi connectivity index (χ4v) is 2.89. The molecule has 5 nitrogen and oxygen atoms in total. The van der Waals surface area contributed by atoms with Crippen molar-refractivity contribution in [3.05, 3.63) is 59.1 Å². The fourth-order valence-electron chi connectivity index (χ4n) is 2.71. The van der Waals surface area contributed by atoms with Crippen LogP contribution in [0.3, 0.4) is 0 Å². The van der Waals surface area contributed by atoms with E-state index in [0.717, 1.165) is 32.7 Å². The van der Waals surface area contributed by atoms with Crippen LogP contribution in [-0.2, 0) is 0 Å². The van der Waals surface area contributed by atoms with E-state index in [4.69, 9.17) is 16.3 Å². The van der Waals surface area contributed by atoms with Crippen LogP contribution < -0.4 is 15.4 Å². The zero-order valence-corrected chi connectivity index (χ0v) is 16.0. The Morgan fingerprint density at radius 1 is 1.12 bits per heavy atom. The highest BCUT2D eigenvalue weighted by molar-refractivity contribution is 6.30. The molecule has 1 aliphatic heterocycles. The van der Waals surface area contributed by atoms with E-state index >= 15 is 0 Å². The van der Waals surface area contributed by atoms with Crippen LogP contribution in [0.25, 0.3) is 0 Å². The van der Waals surface area contributed by atoms with Crippen LogP contribution in [0.4, 0.5) is 0 Å². The summed E-state index contributed by atoms with van der Waals surface area (Å²) in [5.41, 5.74) is 0.624. The quantitative estimate of drug-likeness (QED) is 0.788. The number of rotatable bonds is 6. The summed E-state index contributed by atoms with van der Waals surface area (Å²) < 4.78 is 5.73. The lowest BCUT2D eigenvalue weighted by molar-refractivity contribution is 0.0947. The number of carbonyl (C=O) groups excluding carboxylic acids is 1. The van der Waals surface area contributed by atoms with Gasteiger partial charge >= 0.3 is 0 Å². The lowest BCUT2D eigenvalue weighted by Crippen LogP contribution is -2.46. The molecule has 7 heteroatoms. The van der Waals surface area contributed by atoms with Gasteiger partial charge in [0.2, 0.25) is 0 Å². The largest absolute Gasteiger partial charge is 0.457 e. The van der Waals surface area contributed by atoms with Gasteiger partial charge in [-0.15, -0.1) is 12.4 Å². The Balaban J connectivity index is 0.00000243. The molecule has 140 valence electrons. The first kappa shape index (κ1) is 20.5. The first-order valence-electron chi connectivity index (χ1n) is 8.45. The highest BCUT2D eigenvalue weighted by atomic mass is 35.5. The molecule has 1 aliphatic rings. The smallest absolute Gasteiger partial charge is 0.251 e. The summed E-state index contributed by atoms with van der Waals surface area (Å²) in [6.07, 6.45) is 0. The molecule has 0 spiro atoms. The Morgan fingerprint density at radius 3 is 2.54 bits per heavy atom. The molecule has 2 aromatic carbocycles. The molecular weight excluding hydrogens is 373 g/mol. The van der Waals surface area contributed by atoms with Crippen molar-refractivity contribution in [3.8, 4) is 11.5 Å². The standard InChI is InChI=1S/C19H22ClN3O2.ClH/c20-16-2-1-3-18(14-16)25-17-6-4-15(5-7-17)19(24)22-10-13-23-11-8-21-9-12-23;/h1-7,14,21H,8-13H2,(H,22,24);1H. The molecule has 1 amide bonds. The number of hydrogen-bond donors (Lipinski definition) is 2. The monoisotopic (exact) mass is 395 g/mol. The van der Waals surface area contributed by atoms with Crippen LogP contribution in [0, 0.1) is 0 Å². The van der Waals surface area contributed by atoms with Crippen molar-refractivity contribution in [1.82, 2.24) is 15.5 Å².